The lowest BCUT2D eigenvalue weighted by atomic mass is 10.4. The van der Waals surface area contributed by atoms with Crippen molar-refractivity contribution in [1.29, 1.82) is 0 Å². The molecule has 1 saturated carbocycles. The van der Waals surface area contributed by atoms with E-state index in [2.05, 4.69) is 0 Å². The van der Waals surface area contributed by atoms with Crippen molar-refractivity contribution in [1.82, 2.24) is 4.31 Å². The second kappa shape index (κ2) is 2.38. The quantitative estimate of drug-likeness (QED) is 0.646. The highest BCUT2D eigenvalue weighted by atomic mass is 32.2. The Morgan fingerprint density at radius 3 is 2.17 bits per heavy atom. The number of sulfonamides is 1. The Kier molecular flexibility index (Phi) is 1.66. The fourth-order valence-corrected chi connectivity index (χ4v) is 2.70. The topological polar surface area (TPSA) is 37.4 Å². The fourth-order valence-electron chi connectivity index (χ4n) is 1.68. The number of piperidine rings is 1. The summed E-state index contributed by atoms with van der Waals surface area (Å²) in [5.41, 5.74) is 0. The molecular weight excluding hydrogens is 188 g/mol. The molecule has 2 fully saturated rings. The van der Waals surface area contributed by atoms with Crippen molar-refractivity contribution in [3.63, 3.8) is 0 Å². The van der Waals surface area contributed by atoms with E-state index in [1.807, 2.05) is 0 Å². The molecule has 6 heteroatoms. The minimum absolute atomic E-state index is 0.303. The van der Waals surface area contributed by atoms with Gasteiger partial charge < -0.3 is 0 Å². The lowest BCUT2D eigenvalue weighted by Gasteiger charge is -2.16. The van der Waals surface area contributed by atoms with Gasteiger partial charge in [0.25, 0.3) is 10.0 Å². The Bertz CT molecular complexity index is 280. The summed E-state index contributed by atoms with van der Waals surface area (Å²) < 4.78 is 46.6. The van der Waals surface area contributed by atoms with Crippen LogP contribution in [0.4, 0.5) is 8.78 Å². The van der Waals surface area contributed by atoms with Gasteiger partial charge in [-0.1, -0.05) is 0 Å². The molecule has 12 heavy (non-hydrogen) atoms. The van der Waals surface area contributed by atoms with Crippen LogP contribution in [0.1, 0.15) is 6.42 Å². The number of nitrogens with zero attached hydrogens (tertiary/aromatic N) is 1. The summed E-state index contributed by atoms with van der Waals surface area (Å²) in [6.45, 7) is 0.606. The summed E-state index contributed by atoms with van der Waals surface area (Å²) in [6, 6.07) is 0. The van der Waals surface area contributed by atoms with Crippen LogP contribution in [0.15, 0.2) is 0 Å². The number of rotatable bonds is 2. The minimum Gasteiger partial charge on any atom is -0.206 e. The third-order valence-corrected chi connectivity index (χ3v) is 4.00. The molecule has 0 amide bonds. The molecule has 0 bridgehead atoms. The smallest absolute Gasteiger partial charge is 0.206 e. The number of hydrogen-bond acceptors (Lipinski definition) is 2. The number of alkyl halides is 2. The van der Waals surface area contributed by atoms with E-state index < -0.39 is 15.8 Å². The Morgan fingerprint density at radius 1 is 1.25 bits per heavy atom. The predicted octanol–water partition coefficient (Wildman–Crippen LogP) is 0.491. The summed E-state index contributed by atoms with van der Waals surface area (Å²) in [4.78, 5) is 0. The van der Waals surface area contributed by atoms with Gasteiger partial charge in [-0.15, -0.1) is 0 Å². The van der Waals surface area contributed by atoms with Gasteiger partial charge in [0.15, 0.2) is 0 Å². The molecule has 0 aromatic rings. The van der Waals surface area contributed by atoms with Gasteiger partial charge in [-0.25, -0.2) is 8.42 Å². The van der Waals surface area contributed by atoms with Gasteiger partial charge in [0, 0.05) is 13.1 Å². The highest BCUT2D eigenvalue weighted by molar-refractivity contribution is 7.89. The lowest BCUT2D eigenvalue weighted by molar-refractivity contribution is 0.220. The standard InChI is InChI=1S/C6H9F2NO2S/c7-6(8)12(10,11)9-2-4-1-5(4)3-9/h4-6H,1-3H2. The van der Waals surface area contributed by atoms with E-state index in [1.165, 1.54) is 0 Å². The van der Waals surface area contributed by atoms with Crippen LogP contribution in [-0.2, 0) is 10.0 Å². The first-order chi connectivity index (χ1) is 5.51. The van der Waals surface area contributed by atoms with E-state index in [0.717, 1.165) is 10.7 Å². The molecule has 2 unspecified atom stereocenters. The third-order valence-electron chi connectivity index (χ3n) is 2.53. The largest absolute Gasteiger partial charge is 0.350 e. The van der Waals surface area contributed by atoms with E-state index in [0.29, 0.717) is 24.9 Å². The zero-order valence-electron chi connectivity index (χ0n) is 6.28. The molecule has 2 rings (SSSR count). The van der Waals surface area contributed by atoms with Gasteiger partial charge in [0.2, 0.25) is 0 Å². The first-order valence-electron chi connectivity index (χ1n) is 3.79. The van der Waals surface area contributed by atoms with Crippen LogP contribution in [0.3, 0.4) is 0 Å². The monoisotopic (exact) mass is 197 g/mol. The molecule has 0 N–H and O–H groups in total. The van der Waals surface area contributed by atoms with E-state index in [4.69, 9.17) is 0 Å². The first kappa shape index (κ1) is 8.37. The van der Waals surface area contributed by atoms with Gasteiger partial charge >= 0.3 is 5.76 Å². The minimum atomic E-state index is -4.28. The Morgan fingerprint density at radius 2 is 1.75 bits per heavy atom. The van der Waals surface area contributed by atoms with Crippen LogP contribution in [0.2, 0.25) is 0 Å². The Labute approximate surface area is 69.4 Å². The predicted molar refractivity (Wildman–Crippen MR) is 38.1 cm³/mol. The lowest BCUT2D eigenvalue weighted by Crippen LogP contribution is -2.34. The maximum Gasteiger partial charge on any atom is 0.350 e. The normalized spacial score (nSPS) is 35.6. The van der Waals surface area contributed by atoms with Crippen molar-refractivity contribution < 1.29 is 17.2 Å². The van der Waals surface area contributed by atoms with Crippen molar-refractivity contribution in [2.24, 2.45) is 11.8 Å². The van der Waals surface area contributed by atoms with E-state index >= 15 is 0 Å². The Hall–Kier alpha value is -0.230. The SMILES string of the molecule is O=S(=O)(C(F)F)N1CC2CC2C1. The molecule has 0 spiro atoms. The molecule has 2 atom stereocenters. The average molecular weight is 197 g/mol. The van der Waals surface area contributed by atoms with Crippen LogP contribution >= 0.6 is 0 Å². The number of halogens is 2. The number of fused-ring (bicyclic) bond motifs is 1. The fraction of sp³-hybridized carbons (Fsp3) is 1.00. The highest BCUT2D eigenvalue weighted by Gasteiger charge is 2.50. The molecule has 1 aliphatic heterocycles. The van der Waals surface area contributed by atoms with Crippen molar-refractivity contribution in [3.8, 4) is 0 Å². The second-order valence-electron chi connectivity index (χ2n) is 3.38. The van der Waals surface area contributed by atoms with E-state index in [9.17, 15) is 17.2 Å². The van der Waals surface area contributed by atoms with Crippen molar-refractivity contribution >= 4 is 10.0 Å². The van der Waals surface area contributed by atoms with Gasteiger partial charge in [-0.05, 0) is 18.3 Å². The van der Waals surface area contributed by atoms with Gasteiger partial charge in [-0.2, -0.15) is 13.1 Å². The van der Waals surface area contributed by atoms with Crippen LogP contribution in [-0.4, -0.2) is 31.6 Å². The van der Waals surface area contributed by atoms with Crippen LogP contribution in [0, 0.1) is 11.8 Å². The van der Waals surface area contributed by atoms with Crippen LogP contribution in [0.25, 0.3) is 0 Å². The van der Waals surface area contributed by atoms with E-state index in [1.54, 1.807) is 0 Å². The molecule has 70 valence electrons. The van der Waals surface area contributed by atoms with Crippen LogP contribution in [0.5, 0.6) is 0 Å². The third kappa shape index (κ3) is 1.13. The van der Waals surface area contributed by atoms with Gasteiger partial charge in [-0.3, -0.25) is 0 Å². The average Bonchev–Trinajstić information content (AvgIpc) is 2.58. The summed E-state index contributed by atoms with van der Waals surface area (Å²) in [5.74, 6) is -2.54. The molecule has 1 saturated heterocycles. The molecule has 0 aromatic heterocycles. The van der Waals surface area contributed by atoms with Gasteiger partial charge in [0.05, 0.1) is 0 Å². The van der Waals surface area contributed by atoms with Gasteiger partial charge in [0.1, 0.15) is 0 Å². The molecule has 0 radical (unpaired) electrons. The highest BCUT2D eigenvalue weighted by Crippen LogP contribution is 2.46. The van der Waals surface area contributed by atoms with Crippen molar-refractivity contribution in [3.05, 3.63) is 0 Å². The van der Waals surface area contributed by atoms with Crippen molar-refractivity contribution in [2.45, 2.75) is 12.2 Å². The van der Waals surface area contributed by atoms with Crippen LogP contribution < -0.4 is 0 Å². The summed E-state index contributed by atoms with van der Waals surface area (Å²) in [5, 5.41) is 0. The number of hydrogen-bond donors (Lipinski definition) is 0. The molecule has 1 heterocycles. The summed E-state index contributed by atoms with van der Waals surface area (Å²) in [7, 11) is -4.28. The first-order valence-corrected chi connectivity index (χ1v) is 5.29. The summed E-state index contributed by atoms with van der Waals surface area (Å²) in [6.07, 6.45) is 1.01. The maximum atomic E-state index is 12.0. The molecule has 1 aliphatic carbocycles. The molecule has 2 aliphatic rings. The van der Waals surface area contributed by atoms with Crippen molar-refractivity contribution in [2.75, 3.05) is 13.1 Å². The molecular formula is C6H9F2NO2S. The summed E-state index contributed by atoms with van der Waals surface area (Å²) >= 11 is 0. The zero-order chi connectivity index (χ0) is 8.93. The second-order valence-corrected chi connectivity index (χ2v) is 5.28. The molecule has 0 aromatic carbocycles. The Balaban J connectivity index is 2.10. The molecule has 3 nitrogen and oxygen atoms in total. The van der Waals surface area contributed by atoms with E-state index in [-0.39, 0.29) is 0 Å². The zero-order valence-corrected chi connectivity index (χ0v) is 7.10. The maximum absolute atomic E-state index is 12.0.